The van der Waals surface area contributed by atoms with E-state index in [4.69, 9.17) is 4.74 Å². The Morgan fingerprint density at radius 1 is 1.05 bits per heavy atom. The maximum atomic E-state index is 10.7. The zero-order valence-electron chi connectivity index (χ0n) is 12.0. The second kappa shape index (κ2) is 9.60. The van der Waals surface area contributed by atoms with Gasteiger partial charge in [0.15, 0.2) is 5.78 Å². The molecular weight excluding hydrogens is 236 g/mol. The second-order valence-electron chi connectivity index (χ2n) is 4.99. The average Bonchev–Trinajstić information content (AvgIpc) is 2.41. The molecule has 1 rings (SSSR count). The Labute approximate surface area is 117 Å². The molecule has 19 heavy (non-hydrogen) atoms. The largest absolute Gasteiger partial charge is 0.486 e. The molecule has 2 heteroatoms. The van der Waals surface area contributed by atoms with E-state index >= 15 is 0 Å². The van der Waals surface area contributed by atoms with Gasteiger partial charge in [-0.1, -0.05) is 51.2 Å². The molecule has 0 saturated carbocycles. The quantitative estimate of drug-likeness (QED) is 0.584. The van der Waals surface area contributed by atoms with Crippen LogP contribution in [0.5, 0.6) is 5.75 Å². The van der Waals surface area contributed by atoms with E-state index in [1.807, 2.05) is 12.1 Å². The van der Waals surface area contributed by atoms with Crippen LogP contribution in [0.25, 0.3) is 0 Å². The lowest BCUT2D eigenvalue weighted by molar-refractivity contribution is -0.116. The van der Waals surface area contributed by atoms with Gasteiger partial charge in [-0.25, -0.2) is 0 Å². The number of benzene rings is 1. The van der Waals surface area contributed by atoms with E-state index in [0.29, 0.717) is 0 Å². The SMILES string of the molecule is [CH2]C(=O)COc1ccc(CCCCCCCC)cc1. The molecule has 105 valence electrons. The predicted molar refractivity (Wildman–Crippen MR) is 79.4 cm³/mol. The molecule has 0 aromatic heterocycles. The number of Topliss-reactive ketones (excluding diaryl/α,β-unsaturated/α-hetero) is 1. The van der Waals surface area contributed by atoms with Crippen molar-refractivity contribution in [3.63, 3.8) is 0 Å². The first-order valence-electron chi connectivity index (χ1n) is 7.29. The summed E-state index contributed by atoms with van der Waals surface area (Å²) in [7, 11) is 0. The molecule has 0 N–H and O–H groups in total. The van der Waals surface area contributed by atoms with Gasteiger partial charge in [0.05, 0.1) is 0 Å². The Kier molecular flexibility index (Phi) is 7.95. The van der Waals surface area contributed by atoms with Crippen molar-refractivity contribution in [2.24, 2.45) is 0 Å². The van der Waals surface area contributed by atoms with Crippen LogP contribution < -0.4 is 4.74 Å². The van der Waals surface area contributed by atoms with Gasteiger partial charge in [0, 0.05) is 6.92 Å². The highest BCUT2D eigenvalue weighted by Crippen LogP contribution is 2.15. The third kappa shape index (κ3) is 7.66. The maximum Gasteiger partial charge on any atom is 0.170 e. The molecular formula is C17H25O2. The fourth-order valence-electron chi connectivity index (χ4n) is 2.03. The highest BCUT2D eigenvalue weighted by molar-refractivity contribution is 5.83. The zero-order valence-corrected chi connectivity index (χ0v) is 12.0. The van der Waals surface area contributed by atoms with Crippen molar-refractivity contribution in [2.75, 3.05) is 6.61 Å². The standard InChI is InChI=1S/C17H25O2/c1-3-4-5-6-7-8-9-16-10-12-17(13-11-16)19-14-15(2)18/h10-13H,2-9,14H2,1H3. The van der Waals surface area contributed by atoms with Gasteiger partial charge >= 0.3 is 0 Å². The third-order valence-corrected chi connectivity index (χ3v) is 3.14. The molecule has 1 radical (unpaired) electrons. The van der Waals surface area contributed by atoms with Crippen molar-refractivity contribution in [1.82, 2.24) is 0 Å². The monoisotopic (exact) mass is 261 g/mol. The minimum atomic E-state index is -0.198. The van der Waals surface area contributed by atoms with E-state index in [9.17, 15) is 4.79 Å². The molecule has 0 unspecified atom stereocenters. The molecule has 0 aliphatic carbocycles. The van der Waals surface area contributed by atoms with Crippen LogP contribution in [-0.2, 0) is 11.2 Å². The Bertz CT molecular complexity index is 354. The molecule has 0 aliphatic rings. The molecule has 2 nitrogen and oxygen atoms in total. The van der Waals surface area contributed by atoms with Gasteiger partial charge in [0.1, 0.15) is 12.4 Å². The van der Waals surface area contributed by atoms with Crippen molar-refractivity contribution in [3.8, 4) is 5.75 Å². The summed E-state index contributed by atoms with van der Waals surface area (Å²) in [6.07, 6.45) is 9.06. The number of aryl methyl sites for hydroxylation is 1. The number of hydrogen-bond donors (Lipinski definition) is 0. The smallest absolute Gasteiger partial charge is 0.170 e. The summed E-state index contributed by atoms with van der Waals surface area (Å²) in [5.74, 6) is 0.542. The van der Waals surface area contributed by atoms with Gasteiger partial charge in [-0.2, -0.15) is 0 Å². The van der Waals surface area contributed by atoms with Gasteiger partial charge in [0.2, 0.25) is 0 Å². The van der Waals surface area contributed by atoms with Crippen LogP contribution >= 0.6 is 0 Å². The number of rotatable bonds is 10. The fraction of sp³-hybridized carbons (Fsp3) is 0.529. The molecule has 0 fully saturated rings. The number of hydrogen-bond acceptors (Lipinski definition) is 2. The van der Waals surface area contributed by atoms with E-state index in [0.717, 1.165) is 12.2 Å². The van der Waals surface area contributed by atoms with Crippen LogP contribution in [0.2, 0.25) is 0 Å². The number of carbonyl (C=O) groups is 1. The van der Waals surface area contributed by atoms with E-state index in [1.54, 1.807) is 0 Å². The summed E-state index contributed by atoms with van der Waals surface area (Å²) in [6.45, 7) is 5.57. The third-order valence-electron chi connectivity index (χ3n) is 3.14. The molecule has 0 bridgehead atoms. The first-order valence-corrected chi connectivity index (χ1v) is 7.29. The normalized spacial score (nSPS) is 10.4. The Hall–Kier alpha value is -1.31. The van der Waals surface area contributed by atoms with Gasteiger partial charge in [0.25, 0.3) is 0 Å². The van der Waals surface area contributed by atoms with Gasteiger partial charge in [-0.05, 0) is 30.5 Å². The first kappa shape index (κ1) is 15.7. The number of ether oxygens (including phenoxy) is 1. The summed E-state index contributed by atoms with van der Waals surface area (Å²) in [5.41, 5.74) is 1.34. The summed E-state index contributed by atoms with van der Waals surface area (Å²) in [6, 6.07) is 8.01. The Morgan fingerprint density at radius 2 is 1.68 bits per heavy atom. The fourth-order valence-corrected chi connectivity index (χ4v) is 2.03. The van der Waals surface area contributed by atoms with E-state index < -0.39 is 0 Å². The topological polar surface area (TPSA) is 26.3 Å². The summed E-state index contributed by atoms with van der Waals surface area (Å²) >= 11 is 0. The summed E-state index contributed by atoms with van der Waals surface area (Å²) in [4.78, 5) is 10.7. The van der Waals surface area contributed by atoms with Crippen molar-refractivity contribution >= 4 is 5.78 Å². The molecule has 0 spiro atoms. The lowest BCUT2D eigenvalue weighted by atomic mass is 10.0. The average molecular weight is 261 g/mol. The maximum absolute atomic E-state index is 10.7. The number of ketones is 1. The van der Waals surface area contributed by atoms with Crippen LogP contribution in [0, 0.1) is 6.92 Å². The minimum Gasteiger partial charge on any atom is -0.486 e. The molecule has 0 aliphatic heterocycles. The second-order valence-corrected chi connectivity index (χ2v) is 4.99. The first-order chi connectivity index (χ1) is 9.22. The molecule has 1 aromatic carbocycles. The van der Waals surface area contributed by atoms with E-state index in [-0.39, 0.29) is 12.4 Å². The minimum absolute atomic E-state index is 0.0524. The lowest BCUT2D eigenvalue weighted by Crippen LogP contribution is -2.06. The molecule has 0 amide bonds. The molecule has 1 aromatic rings. The van der Waals surface area contributed by atoms with Gasteiger partial charge in [-0.15, -0.1) is 0 Å². The highest BCUT2D eigenvalue weighted by atomic mass is 16.5. The molecule has 0 heterocycles. The predicted octanol–water partition coefficient (Wildman–Crippen LogP) is 4.37. The molecule has 0 saturated heterocycles. The van der Waals surface area contributed by atoms with Crippen LogP contribution in [0.4, 0.5) is 0 Å². The van der Waals surface area contributed by atoms with Crippen LogP contribution in [0.15, 0.2) is 24.3 Å². The number of carbonyl (C=O) groups excluding carboxylic acids is 1. The van der Waals surface area contributed by atoms with Crippen LogP contribution in [-0.4, -0.2) is 12.4 Å². The Balaban J connectivity index is 2.19. The highest BCUT2D eigenvalue weighted by Gasteiger charge is 1.98. The van der Waals surface area contributed by atoms with E-state index in [2.05, 4.69) is 26.0 Å². The van der Waals surface area contributed by atoms with Gasteiger partial charge < -0.3 is 4.74 Å². The van der Waals surface area contributed by atoms with Crippen molar-refractivity contribution < 1.29 is 9.53 Å². The van der Waals surface area contributed by atoms with Crippen LogP contribution in [0.1, 0.15) is 51.0 Å². The Morgan fingerprint density at radius 3 is 2.32 bits per heavy atom. The van der Waals surface area contributed by atoms with Crippen molar-refractivity contribution in [3.05, 3.63) is 36.8 Å². The van der Waals surface area contributed by atoms with Crippen molar-refractivity contribution in [2.45, 2.75) is 51.9 Å². The number of unbranched alkanes of at least 4 members (excludes halogenated alkanes) is 5. The summed E-state index contributed by atoms with van der Waals surface area (Å²) < 4.78 is 5.28. The van der Waals surface area contributed by atoms with Gasteiger partial charge in [-0.3, -0.25) is 4.79 Å². The summed E-state index contributed by atoms with van der Waals surface area (Å²) in [5, 5.41) is 0. The zero-order chi connectivity index (χ0) is 13.9. The van der Waals surface area contributed by atoms with Crippen LogP contribution in [0.3, 0.4) is 0 Å². The van der Waals surface area contributed by atoms with E-state index in [1.165, 1.54) is 44.1 Å². The van der Waals surface area contributed by atoms with Crippen molar-refractivity contribution in [1.29, 1.82) is 0 Å². The molecule has 0 atom stereocenters. The lowest BCUT2D eigenvalue weighted by Gasteiger charge is -2.05.